The van der Waals surface area contributed by atoms with Crippen molar-refractivity contribution in [3.05, 3.63) is 0 Å². The summed E-state index contributed by atoms with van der Waals surface area (Å²) < 4.78 is 0. The lowest BCUT2D eigenvalue weighted by Crippen LogP contribution is -2.35. The number of carboxylic acids is 2. The van der Waals surface area contributed by atoms with Crippen molar-refractivity contribution in [2.24, 2.45) is 0 Å². The van der Waals surface area contributed by atoms with E-state index in [-0.39, 0.29) is 0 Å². The van der Waals surface area contributed by atoms with E-state index in [4.69, 9.17) is 16.6 Å². The summed E-state index contributed by atoms with van der Waals surface area (Å²) >= 11 is 0. The van der Waals surface area contributed by atoms with Crippen LogP contribution in [-0.2, 0) is 9.59 Å². The highest BCUT2D eigenvalue weighted by Crippen LogP contribution is 1.90. The zero-order valence-corrected chi connectivity index (χ0v) is 5.57. The molecular weight excluding hydrogens is 150 g/mol. The fourth-order valence-corrected chi connectivity index (χ4v) is 0.475. The van der Waals surface area contributed by atoms with Crippen molar-refractivity contribution in [1.29, 1.82) is 0 Å². The molecule has 0 amide bonds. The molecule has 0 radical (unpaired) electrons. The van der Waals surface area contributed by atoms with Gasteiger partial charge in [0.1, 0.15) is 6.04 Å². The molecule has 0 aliphatic rings. The van der Waals surface area contributed by atoms with Crippen molar-refractivity contribution >= 4 is 11.9 Å². The maximum absolute atomic E-state index is 10.2. The van der Waals surface area contributed by atoms with Crippen LogP contribution in [0.15, 0.2) is 0 Å². The molecule has 0 saturated heterocycles. The number of carbonyl (C=O) groups is 2. The van der Waals surface area contributed by atoms with Gasteiger partial charge in [0.2, 0.25) is 0 Å². The van der Waals surface area contributed by atoms with Gasteiger partial charge in [-0.05, 0) is 0 Å². The summed E-state index contributed by atoms with van der Waals surface area (Å²) in [6.45, 7) is 0. The Kier molecular flexibility index (Phi) is 3.52. The van der Waals surface area contributed by atoms with Crippen molar-refractivity contribution in [3.63, 3.8) is 0 Å². The Morgan fingerprint density at radius 1 is 1.55 bits per heavy atom. The first kappa shape index (κ1) is 9.30. The molecule has 0 aromatic heterocycles. The van der Waals surface area contributed by atoms with Gasteiger partial charge in [0.05, 0.1) is 6.42 Å². The largest absolute Gasteiger partial charge is 0.481 e. The summed E-state index contributed by atoms with van der Waals surface area (Å²) in [4.78, 5) is 20.2. The van der Waals surface area contributed by atoms with Gasteiger partial charge in [-0.2, -0.15) is 0 Å². The SMILES string of the molecule is C#CNC(CC(=O)O)C(=O)O. The lowest BCUT2D eigenvalue weighted by molar-refractivity contribution is -0.145. The predicted molar refractivity (Wildman–Crippen MR) is 35.6 cm³/mol. The first-order valence-electron chi connectivity index (χ1n) is 2.73. The van der Waals surface area contributed by atoms with E-state index >= 15 is 0 Å². The second kappa shape index (κ2) is 4.17. The maximum atomic E-state index is 10.2. The highest BCUT2D eigenvalue weighted by molar-refractivity contribution is 5.80. The van der Waals surface area contributed by atoms with Crippen LogP contribution < -0.4 is 5.32 Å². The zero-order chi connectivity index (χ0) is 8.85. The minimum absolute atomic E-state index is 0.528. The van der Waals surface area contributed by atoms with Crippen LogP contribution in [0.25, 0.3) is 0 Å². The third-order valence-electron chi connectivity index (χ3n) is 0.934. The quantitative estimate of drug-likeness (QED) is 0.363. The number of carboxylic acid groups (broad SMARTS) is 2. The molecule has 0 fully saturated rings. The van der Waals surface area contributed by atoms with Gasteiger partial charge in [-0.1, -0.05) is 6.42 Å². The molecule has 11 heavy (non-hydrogen) atoms. The van der Waals surface area contributed by atoms with Crippen LogP contribution in [0.1, 0.15) is 6.42 Å². The average molecular weight is 157 g/mol. The molecule has 1 atom stereocenters. The number of hydrogen-bond donors (Lipinski definition) is 3. The van der Waals surface area contributed by atoms with Crippen LogP contribution in [-0.4, -0.2) is 28.2 Å². The average Bonchev–Trinajstić information content (AvgIpc) is 1.86. The Morgan fingerprint density at radius 2 is 2.09 bits per heavy atom. The second-order valence-electron chi connectivity index (χ2n) is 1.78. The third-order valence-corrected chi connectivity index (χ3v) is 0.934. The summed E-state index contributed by atoms with van der Waals surface area (Å²) in [5, 5.41) is 18.6. The first-order valence-corrected chi connectivity index (χ1v) is 2.73. The van der Waals surface area contributed by atoms with E-state index in [1.54, 1.807) is 0 Å². The molecule has 1 unspecified atom stereocenters. The third kappa shape index (κ3) is 3.81. The molecule has 5 nitrogen and oxygen atoms in total. The summed E-state index contributed by atoms with van der Waals surface area (Å²) in [7, 11) is 0. The van der Waals surface area contributed by atoms with Crippen molar-refractivity contribution in [2.75, 3.05) is 0 Å². The van der Waals surface area contributed by atoms with E-state index < -0.39 is 24.4 Å². The number of terminal acetylenes is 1. The highest BCUT2D eigenvalue weighted by atomic mass is 16.4. The number of aliphatic carboxylic acids is 2. The van der Waals surface area contributed by atoms with E-state index in [0.29, 0.717) is 0 Å². The zero-order valence-electron chi connectivity index (χ0n) is 5.57. The number of nitrogens with one attached hydrogen (secondary N) is 1. The molecular formula is C6H7NO4. The maximum Gasteiger partial charge on any atom is 0.327 e. The molecule has 0 aliphatic heterocycles. The van der Waals surface area contributed by atoms with Gasteiger partial charge in [-0.3, -0.25) is 4.79 Å². The van der Waals surface area contributed by atoms with Gasteiger partial charge >= 0.3 is 11.9 Å². The van der Waals surface area contributed by atoms with Gasteiger partial charge in [-0.25, -0.2) is 4.79 Å². The molecule has 0 spiro atoms. The van der Waals surface area contributed by atoms with E-state index in [9.17, 15) is 9.59 Å². The fourth-order valence-electron chi connectivity index (χ4n) is 0.475. The van der Waals surface area contributed by atoms with Gasteiger partial charge in [-0.15, -0.1) is 0 Å². The Labute approximate surface area is 63.0 Å². The molecule has 0 rings (SSSR count). The molecule has 0 saturated carbocycles. The Balaban J connectivity index is 4.02. The Hall–Kier alpha value is -1.70. The van der Waals surface area contributed by atoms with E-state index in [2.05, 4.69) is 5.32 Å². The number of rotatable bonds is 4. The van der Waals surface area contributed by atoms with Crippen molar-refractivity contribution in [1.82, 2.24) is 5.32 Å². The van der Waals surface area contributed by atoms with Crippen LogP contribution in [0.5, 0.6) is 0 Å². The Morgan fingerprint density at radius 3 is 2.36 bits per heavy atom. The standard InChI is InChI=1S/C6H7NO4/c1-2-7-4(6(10)11)3-5(8)9/h1,4,7H,3H2,(H,8,9)(H,10,11). The lowest BCUT2D eigenvalue weighted by Gasteiger charge is -2.06. The minimum atomic E-state index is -1.27. The summed E-state index contributed by atoms with van der Waals surface area (Å²) in [5.74, 6) is -2.48. The summed E-state index contributed by atoms with van der Waals surface area (Å²) in [6, 6.07) is 0.650. The predicted octanol–water partition coefficient (Wildman–Crippen LogP) is -0.905. The topological polar surface area (TPSA) is 86.6 Å². The Bertz CT molecular complexity index is 205. The van der Waals surface area contributed by atoms with Crippen LogP contribution >= 0.6 is 0 Å². The summed E-state index contributed by atoms with van der Waals surface area (Å²) in [5.41, 5.74) is 0. The summed E-state index contributed by atoms with van der Waals surface area (Å²) in [6.07, 6.45) is 4.20. The van der Waals surface area contributed by atoms with Crippen molar-refractivity contribution in [3.8, 4) is 12.5 Å². The normalized spacial score (nSPS) is 11.2. The second-order valence-corrected chi connectivity index (χ2v) is 1.78. The van der Waals surface area contributed by atoms with Gasteiger partial charge < -0.3 is 15.5 Å². The lowest BCUT2D eigenvalue weighted by atomic mass is 10.2. The van der Waals surface area contributed by atoms with E-state index in [1.807, 2.05) is 6.04 Å². The fraction of sp³-hybridized carbons (Fsp3) is 0.333. The van der Waals surface area contributed by atoms with Crippen LogP contribution in [0.3, 0.4) is 0 Å². The molecule has 0 aromatic rings. The van der Waals surface area contributed by atoms with Crippen molar-refractivity contribution < 1.29 is 19.8 Å². The highest BCUT2D eigenvalue weighted by Gasteiger charge is 2.18. The minimum Gasteiger partial charge on any atom is -0.481 e. The molecule has 0 aromatic carbocycles. The van der Waals surface area contributed by atoms with Crippen LogP contribution in [0.4, 0.5) is 0 Å². The molecule has 60 valence electrons. The first-order chi connectivity index (χ1) is 5.07. The van der Waals surface area contributed by atoms with E-state index in [1.165, 1.54) is 0 Å². The van der Waals surface area contributed by atoms with Gasteiger partial charge in [0.25, 0.3) is 0 Å². The van der Waals surface area contributed by atoms with Crippen molar-refractivity contribution in [2.45, 2.75) is 12.5 Å². The van der Waals surface area contributed by atoms with E-state index in [0.717, 1.165) is 0 Å². The van der Waals surface area contributed by atoms with Crippen LogP contribution in [0.2, 0.25) is 0 Å². The van der Waals surface area contributed by atoms with Crippen LogP contribution in [0, 0.1) is 12.5 Å². The molecule has 0 heterocycles. The monoisotopic (exact) mass is 157 g/mol. The molecule has 3 N–H and O–H groups in total. The van der Waals surface area contributed by atoms with Gasteiger partial charge in [0.15, 0.2) is 0 Å². The smallest absolute Gasteiger partial charge is 0.327 e. The molecule has 0 bridgehead atoms. The molecule has 5 heteroatoms. The number of hydrogen-bond acceptors (Lipinski definition) is 3. The van der Waals surface area contributed by atoms with Gasteiger partial charge in [0, 0.05) is 6.04 Å². The molecule has 0 aliphatic carbocycles.